The Morgan fingerprint density at radius 3 is 2.59 bits per heavy atom. The van der Waals surface area contributed by atoms with Gasteiger partial charge in [-0.2, -0.15) is 10.2 Å². The first kappa shape index (κ1) is 18.7. The summed E-state index contributed by atoms with van der Waals surface area (Å²) in [6.45, 7) is 9.22. The zero-order chi connectivity index (χ0) is 19.4. The molecule has 7 heteroatoms. The van der Waals surface area contributed by atoms with E-state index in [1.807, 2.05) is 30.7 Å². The second-order valence-corrected chi connectivity index (χ2v) is 6.65. The Labute approximate surface area is 159 Å². The average molecular weight is 367 g/mol. The van der Waals surface area contributed by atoms with Crippen molar-refractivity contribution in [3.05, 3.63) is 59.7 Å². The maximum atomic E-state index is 12.4. The highest BCUT2D eigenvalue weighted by molar-refractivity contribution is 6.03. The molecule has 1 amide bonds. The first-order valence-corrected chi connectivity index (χ1v) is 9.08. The summed E-state index contributed by atoms with van der Waals surface area (Å²) in [5.41, 5.74) is 3.20. The zero-order valence-corrected chi connectivity index (χ0v) is 16.1. The van der Waals surface area contributed by atoms with Crippen LogP contribution < -0.4 is 10.1 Å². The van der Waals surface area contributed by atoms with Gasteiger partial charge in [0.05, 0.1) is 17.6 Å². The van der Waals surface area contributed by atoms with Gasteiger partial charge in [0.2, 0.25) is 0 Å². The lowest BCUT2D eigenvalue weighted by molar-refractivity contribution is 0.102. The molecule has 0 atom stereocenters. The van der Waals surface area contributed by atoms with Crippen LogP contribution in [0.4, 0.5) is 5.69 Å². The minimum atomic E-state index is -0.270. The molecule has 0 unspecified atom stereocenters. The number of nitrogens with zero attached hydrogens (tertiary/aromatic N) is 4. The number of rotatable bonds is 7. The third kappa shape index (κ3) is 4.36. The van der Waals surface area contributed by atoms with Crippen LogP contribution in [-0.4, -0.2) is 25.5 Å². The largest absolute Gasteiger partial charge is 0.471 e. The van der Waals surface area contributed by atoms with E-state index in [0.29, 0.717) is 17.3 Å². The van der Waals surface area contributed by atoms with Crippen molar-refractivity contribution in [1.82, 2.24) is 19.6 Å². The lowest BCUT2D eigenvalue weighted by atomic mass is 10.0. The number of carbonyl (C=O) groups is 1. The first-order chi connectivity index (χ1) is 13.0. The van der Waals surface area contributed by atoms with Crippen LogP contribution in [0.5, 0.6) is 5.75 Å². The Hall–Kier alpha value is -3.09. The first-order valence-electron chi connectivity index (χ1n) is 9.08. The van der Waals surface area contributed by atoms with Gasteiger partial charge in [-0.05, 0) is 43.5 Å². The van der Waals surface area contributed by atoms with Crippen LogP contribution in [0.25, 0.3) is 0 Å². The molecule has 0 aliphatic heterocycles. The average Bonchev–Trinajstić information content (AvgIpc) is 3.27. The molecule has 0 spiro atoms. The molecule has 2 heterocycles. The van der Waals surface area contributed by atoms with Crippen LogP contribution in [0.3, 0.4) is 0 Å². The highest BCUT2D eigenvalue weighted by Gasteiger charge is 2.13. The number of hydrogen-bond donors (Lipinski definition) is 1. The van der Waals surface area contributed by atoms with Gasteiger partial charge < -0.3 is 10.1 Å². The quantitative estimate of drug-likeness (QED) is 0.689. The van der Waals surface area contributed by atoms with Gasteiger partial charge in [-0.15, -0.1) is 0 Å². The standard InChI is InChI=1S/C20H25N5O2/c1-5-25-15(4)19(12-21-25)22-20(26)18-10-11-24(23-18)13-27-17-8-6-16(7-9-17)14(2)3/h6-12,14H,5,13H2,1-4H3,(H,22,26). The van der Waals surface area contributed by atoms with Gasteiger partial charge in [-0.3, -0.25) is 9.48 Å². The second kappa shape index (κ2) is 8.07. The second-order valence-electron chi connectivity index (χ2n) is 6.65. The minimum Gasteiger partial charge on any atom is -0.471 e. The third-order valence-electron chi connectivity index (χ3n) is 4.43. The zero-order valence-electron chi connectivity index (χ0n) is 16.1. The van der Waals surface area contributed by atoms with Crippen molar-refractivity contribution >= 4 is 11.6 Å². The van der Waals surface area contributed by atoms with Gasteiger partial charge in [0.1, 0.15) is 5.75 Å². The van der Waals surface area contributed by atoms with Gasteiger partial charge in [0, 0.05) is 12.7 Å². The molecule has 3 rings (SSSR count). The van der Waals surface area contributed by atoms with Crippen molar-refractivity contribution in [2.45, 2.75) is 46.9 Å². The maximum absolute atomic E-state index is 12.4. The molecule has 3 aromatic rings. The van der Waals surface area contributed by atoms with Crippen LogP contribution in [-0.2, 0) is 13.3 Å². The fraction of sp³-hybridized carbons (Fsp3) is 0.350. The fourth-order valence-corrected chi connectivity index (χ4v) is 2.72. The van der Waals surface area contributed by atoms with Crippen LogP contribution in [0.15, 0.2) is 42.7 Å². The van der Waals surface area contributed by atoms with Crippen molar-refractivity contribution in [2.24, 2.45) is 0 Å². The molecular formula is C20H25N5O2. The minimum absolute atomic E-state index is 0.237. The summed E-state index contributed by atoms with van der Waals surface area (Å²) in [7, 11) is 0. The SMILES string of the molecule is CCn1ncc(NC(=O)c2ccn(COc3ccc(C(C)C)cc3)n2)c1C. The summed E-state index contributed by atoms with van der Waals surface area (Å²) in [6, 6.07) is 9.67. The van der Waals surface area contributed by atoms with Crippen LogP contribution in [0, 0.1) is 6.92 Å². The van der Waals surface area contributed by atoms with Crippen molar-refractivity contribution < 1.29 is 9.53 Å². The van der Waals surface area contributed by atoms with E-state index in [9.17, 15) is 4.79 Å². The summed E-state index contributed by atoms with van der Waals surface area (Å²) < 4.78 is 9.15. The summed E-state index contributed by atoms with van der Waals surface area (Å²) >= 11 is 0. The van der Waals surface area contributed by atoms with Crippen molar-refractivity contribution in [1.29, 1.82) is 0 Å². The van der Waals surface area contributed by atoms with Crippen molar-refractivity contribution in [3.63, 3.8) is 0 Å². The van der Waals surface area contributed by atoms with Crippen molar-refractivity contribution in [3.8, 4) is 5.75 Å². The fourth-order valence-electron chi connectivity index (χ4n) is 2.72. The number of ether oxygens (including phenoxy) is 1. The molecule has 0 aliphatic rings. The lowest BCUT2D eigenvalue weighted by Crippen LogP contribution is -2.14. The van der Waals surface area contributed by atoms with Crippen LogP contribution >= 0.6 is 0 Å². The summed E-state index contributed by atoms with van der Waals surface area (Å²) in [4.78, 5) is 12.4. The van der Waals surface area contributed by atoms with Gasteiger partial charge in [0.25, 0.3) is 5.91 Å². The molecule has 0 aliphatic carbocycles. The number of hydrogen-bond acceptors (Lipinski definition) is 4. The Kier molecular flexibility index (Phi) is 5.59. The Balaban J connectivity index is 1.59. The normalized spacial score (nSPS) is 11.0. The monoisotopic (exact) mass is 367 g/mol. The number of carbonyl (C=O) groups excluding carboxylic acids is 1. The van der Waals surface area contributed by atoms with Gasteiger partial charge in [-0.25, -0.2) is 4.68 Å². The van der Waals surface area contributed by atoms with E-state index in [1.165, 1.54) is 5.56 Å². The van der Waals surface area contributed by atoms with E-state index in [0.717, 1.165) is 18.0 Å². The Morgan fingerprint density at radius 1 is 1.22 bits per heavy atom. The Morgan fingerprint density at radius 2 is 1.96 bits per heavy atom. The van der Waals surface area contributed by atoms with Gasteiger partial charge >= 0.3 is 0 Å². The number of benzene rings is 1. The number of aryl methyl sites for hydroxylation is 1. The molecule has 0 fully saturated rings. The summed E-state index contributed by atoms with van der Waals surface area (Å²) in [5, 5.41) is 11.3. The Bertz CT molecular complexity index is 909. The summed E-state index contributed by atoms with van der Waals surface area (Å²) in [5.74, 6) is 0.983. The molecular weight excluding hydrogens is 342 g/mol. The van der Waals surface area contributed by atoms with Crippen LogP contribution in [0.2, 0.25) is 0 Å². The topological polar surface area (TPSA) is 74.0 Å². The molecule has 2 aromatic heterocycles. The van der Waals surface area contributed by atoms with E-state index in [4.69, 9.17) is 4.74 Å². The molecule has 0 saturated carbocycles. The van der Waals surface area contributed by atoms with E-state index >= 15 is 0 Å². The molecule has 0 saturated heterocycles. The van der Waals surface area contributed by atoms with Gasteiger partial charge in [0.15, 0.2) is 12.4 Å². The highest BCUT2D eigenvalue weighted by Crippen LogP contribution is 2.19. The third-order valence-corrected chi connectivity index (χ3v) is 4.43. The molecule has 27 heavy (non-hydrogen) atoms. The molecule has 0 bridgehead atoms. The lowest BCUT2D eigenvalue weighted by Gasteiger charge is -2.09. The van der Waals surface area contributed by atoms with E-state index < -0.39 is 0 Å². The highest BCUT2D eigenvalue weighted by atomic mass is 16.5. The molecule has 7 nitrogen and oxygen atoms in total. The number of amides is 1. The van der Waals surface area contributed by atoms with Crippen molar-refractivity contribution in [2.75, 3.05) is 5.32 Å². The predicted molar refractivity (Wildman–Crippen MR) is 104 cm³/mol. The van der Waals surface area contributed by atoms with Crippen LogP contribution in [0.1, 0.15) is 48.4 Å². The maximum Gasteiger partial charge on any atom is 0.276 e. The van der Waals surface area contributed by atoms with E-state index in [1.54, 1.807) is 23.1 Å². The number of nitrogens with one attached hydrogen (secondary N) is 1. The summed E-state index contributed by atoms with van der Waals surface area (Å²) in [6.07, 6.45) is 3.37. The molecule has 0 radical (unpaired) electrons. The smallest absolute Gasteiger partial charge is 0.276 e. The number of anilines is 1. The van der Waals surface area contributed by atoms with E-state index in [2.05, 4.69) is 41.5 Å². The predicted octanol–water partition coefficient (Wildman–Crippen LogP) is 3.82. The number of aromatic nitrogens is 4. The molecule has 142 valence electrons. The van der Waals surface area contributed by atoms with Gasteiger partial charge in [-0.1, -0.05) is 26.0 Å². The van der Waals surface area contributed by atoms with E-state index in [-0.39, 0.29) is 12.6 Å². The molecule has 1 aromatic carbocycles. The molecule has 1 N–H and O–H groups in total.